The van der Waals surface area contributed by atoms with Gasteiger partial charge in [-0.05, 0) is 51.2 Å². The summed E-state index contributed by atoms with van der Waals surface area (Å²) >= 11 is 0. The van der Waals surface area contributed by atoms with Crippen molar-refractivity contribution in [1.29, 1.82) is 5.41 Å². The number of ether oxygens (including phenoxy) is 1. The summed E-state index contributed by atoms with van der Waals surface area (Å²) in [7, 11) is 1.83. The number of hydrogen-bond donors (Lipinski definition) is 2. The van der Waals surface area contributed by atoms with E-state index in [-0.39, 0.29) is 5.84 Å². The first-order valence-corrected chi connectivity index (χ1v) is 14.1. The molecule has 1 heterocycles. The van der Waals surface area contributed by atoms with Gasteiger partial charge in [0.25, 0.3) is 0 Å². The number of rotatable bonds is 2. The molecule has 0 saturated carbocycles. The van der Waals surface area contributed by atoms with Crippen molar-refractivity contribution >= 4 is 22.4 Å². The first-order chi connectivity index (χ1) is 20.7. The Hall–Kier alpha value is -5.48. The van der Waals surface area contributed by atoms with Gasteiger partial charge in [-0.3, -0.25) is 5.41 Å². The minimum absolute atomic E-state index is 0.167. The van der Waals surface area contributed by atoms with Crippen molar-refractivity contribution < 1.29 is 4.74 Å². The zero-order valence-corrected chi connectivity index (χ0v) is 23.1. The largest absolute Gasteiger partial charge is 0.457 e. The molecule has 200 valence electrons. The van der Waals surface area contributed by atoms with E-state index in [2.05, 4.69) is 101 Å². The summed E-state index contributed by atoms with van der Waals surface area (Å²) in [6.45, 7) is 0. The van der Waals surface area contributed by atoms with Crippen molar-refractivity contribution in [3.8, 4) is 22.6 Å². The fourth-order valence-corrected chi connectivity index (χ4v) is 6.78. The van der Waals surface area contributed by atoms with Gasteiger partial charge in [-0.25, -0.2) is 4.99 Å². The zero-order valence-electron chi connectivity index (χ0n) is 23.1. The van der Waals surface area contributed by atoms with Crippen LogP contribution in [0.3, 0.4) is 0 Å². The predicted molar refractivity (Wildman–Crippen MR) is 170 cm³/mol. The monoisotopic (exact) mass is 541 g/mol. The van der Waals surface area contributed by atoms with E-state index < -0.39 is 5.41 Å². The first kappa shape index (κ1) is 24.3. The highest BCUT2D eigenvalue weighted by Crippen LogP contribution is 2.62. The summed E-state index contributed by atoms with van der Waals surface area (Å²) in [5.74, 6) is 2.39. The van der Waals surface area contributed by atoms with E-state index in [1.165, 1.54) is 27.6 Å². The van der Waals surface area contributed by atoms with Gasteiger partial charge >= 0.3 is 0 Å². The minimum Gasteiger partial charge on any atom is -0.457 e. The number of amidine groups is 2. The third kappa shape index (κ3) is 3.42. The van der Waals surface area contributed by atoms with Gasteiger partial charge in [-0.2, -0.15) is 0 Å². The Labute approximate surface area is 244 Å². The average molecular weight is 542 g/mol. The number of hydrogen-bond acceptors (Lipinski definition) is 2. The molecule has 0 saturated heterocycles. The van der Waals surface area contributed by atoms with Crippen LogP contribution >= 0.6 is 0 Å². The molecule has 1 aliphatic carbocycles. The van der Waals surface area contributed by atoms with Crippen LogP contribution in [0.4, 0.5) is 0 Å². The van der Waals surface area contributed by atoms with Crippen LogP contribution in [0, 0.1) is 5.41 Å². The van der Waals surface area contributed by atoms with Gasteiger partial charge in [0.15, 0.2) is 5.84 Å². The highest BCUT2D eigenvalue weighted by molar-refractivity contribution is 6.10. The third-order valence-corrected chi connectivity index (χ3v) is 8.59. The van der Waals surface area contributed by atoms with E-state index in [1.807, 2.05) is 49.5 Å². The average Bonchev–Trinajstić information content (AvgIpc) is 3.34. The zero-order chi connectivity index (χ0) is 28.3. The maximum atomic E-state index is 8.94. The van der Waals surface area contributed by atoms with Crippen LogP contribution in [0.2, 0.25) is 0 Å². The van der Waals surface area contributed by atoms with Gasteiger partial charge in [-0.15, -0.1) is 0 Å². The quantitative estimate of drug-likeness (QED) is 0.171. The number of fused-ring (bicyclic) bond motifs is 10. The van der Waals surface area contributed by atoms with Crippen LogP contribution in [0.25, 0.3) is 21.9 Å². The topological polar surface area (TPSA) is 57.5 Å². The van der Waals surface area contributed by atoms with Gasteiger partial charge in [0.2, 0.25) is 0 Å². The van der Waals surface area contributed by atoms with Crippen molar-refractivity contribution in [2.45, 2.75) is 5.41 Å². The normalized spacial score (nSPS) is 14.0. The smallest absolute Gasteiger partial charge is 0.154 e. The van der Waals surface area contributed by atoms with E-state index in [4.69, 9.17) is 10.1 Å². The molecule has 6 aromatic rings. The Bertz CT molecular complexity index is 2030. The lowest BCUT2D eigenvalue weighted by molar-refractivity contribution is 0.437. The van der Waals surface area contributed by atoms with Crippen LogP contribution in [-0.2, 0) is 5.41 Å². The van der Waals surface area contributed by atoms with E-state index in [0.29, 0.717) is 11.4 Å². The van der Waals surface area contributed by atoms with Crippen molar-refractivity contribution in [3.63, 3.8) is 0 Å². The Kier molecular flexibility index (Phi) is 5.38. The van der Waals surface area contributed by atoms with Crippen molar-refractivity contribution in [3.05, 3.63) is 167 Å². The number of nitrogens with zero attached hydrogens (tertiary/aromatic N) is 1. The van der Waals surface area contributed by atoms with Gasteiger partial charge in [0, 0.05) is 29.3 Å². The standard InChI is InChI=1S/C38H27N3O/c1-40-37(24-11-3-2-4-12-24)41-36(39)27-19-20-32-34(23-27)42-35-22-26-14-6-5-13-25(26)21-33(35)38(32)30-17-9-7-15-28(30)29-16-8-10-18-31(29)38/h2-23H,1H3,(H2,39,40,41). The maximum Gasteiger partial charge on any atom is 0.154 e. The molecule has 0 fully saturated rings. The minimum atomic E-state index is -0.551. The third-order valence-electron chi connectivity index (χ3n) is 8.59. The summed E-state index contributed by atoms with van der Waals surface area (Å²) in [5, 5.41) is 14.4. The van der Waals surface area contributed by atoms with Crippen LogP contribution in [0.15, 0.2) is 138 Å². The molecule has 0 amide bonds. The SMILES string of the molecule is CN/C(=N\C(=N)c1ccc2c(c1)Oc1cc3ccccc3cc1C21c2ccccc2-c2ccccc21)c1ccccc1. The lowest BCUT2D eigenvalue weighted by Gasteiger charge is -2.39. The molecule has 6 aromatic carbocycles. The summed E-state index contributed by atoms with van der Waals surface area (Å²) < 4.78 is 6.75. The second-order valence-corrected chi connectivity index (χ2v) is 10.8. The molecule has 0 radical (unpaired) electrons. The van der Waals surface area contributed by atoms with Gasteiger partial charge in [-0.1, -0.05) is 115 Å². The fourth-order valence-electron chi connectivity index (χ4n) is 6.78. The predicted octanol–water partition coefficient (Wildman–Crippen LogP) is 8.30. The molecule has 0 bridgehead atoms. The van der Waals surface area contributed by atoms with Gasteiger partial charge in [0.05, 0.1) is 5.41 Å². The second kappa shape index (κ2) is 9.28. The first-order valence-electron chi connectivity index (χ1n) is 14.1. The molecule has 0 aromatic heterocycles. The van der Waals surface area contributed by atoms with Crippen LogP contribution in [0.1, 0.15) is 33.4 Å². The van der Waals surface area contributed by atoms with E-state index in [1.54, 1.807) is 0 Å². The fraction of sp³-hybridized carbons (Fsp3) is 0.0526. The molecule has 8 rings (SSSR count). The molecule has 4 nitrogen and oxygen atoms in total. The van der Waals surface area contributed by atoms with E-state index >= 15 is 0 Å². The lowest BCUT2D eigenvalue weighted by atomic mass is 9.65. The summed E-state index contributed by atoms with van der Waals surface area (Å²) in [6.07, 6.45) is 0. The molecule has 4 heteroatoms. The van der Waals surface area contributed by atoms with Crippen LogP contribution < -0.4 is 10.1 Å². The molecule has 0 unspecified atom stereocenters. The number of nitrogens with one attached hydrogen (secondary N) is 2. The number of aliphatic imine (C=N–C) groups is 1. The van der Waals surface area contributed by atoms with E-state index in [0.717, 1.165) is 33.6 Å². The Morgan fingerprint density at radius 2 is 1.19 bits per heavy atom. The van der Waals surface area contributed by atoms with Crippen molar-refractivity contribution in [2.75, 3.05) is 7.05 Å². The van der Waals surface area contributed by atoms with Crippen molar-refractivity contribution in [1.82, 2.24) is 5.32 Å². The summed E-state index contributed by atoms with van der Waals surface area (Å²) in [6, 6.07) is 46.3. The van der Waals surface area contributed by atoms with E-state index in [9.17, 15) is 0 Å². The summed E-state index contributed by atoms with van der Waals surface area (Å²) in [5.41, 5.74) is 8.24. The van der Waals surface area contributed by atoms with Crippen molar-refractivity contribution in [2.24, 2.45) is 4.99 Å². The molecule has 2 N–H and O–H groups in total. The molecular weight excluding hydrogens is 514 g/mol. The summed E-state index contributed by atoms with van der Waals surface area (Å²) in [4.78, 5) is 4.66. The Morgan fingerprint density at radius 3 is 1.88 bits per heavy atom. The Balaban J connectivity index is 1.37. The molecule has 1 aliphatic heterocycles. The highest BCUT2D eigenvalue weighted by atomic mass is 16.5. The van der Waals surface area contributed by atoms with Crippen LogP contribution in [-0.4, -0.2) is 18.7 Å². The molecule has 1 spiro atoms. The number of benzene rings is 6. The lowest BCUT2D eigenvalue weighted by Crippen LogP contribution is -2.32. The molecular formula is C38H27N3O. The molecule has 0 atom stereocenters. The highest BCUT2D eigenvalue weighted by Gasteiger charge is 2.51. The molecule has 2 aliphatic rings. The second-order valence-electron chi connectivity index (χ2n) is 10.8. The molecule has 42 heavy (non-hydrogen) atoms. The van der Waals surface area contributed by atoms with Gasteiger partial charge in [0.1, 0.15) is 17.3 Å². The van der Waals surface area contributed by atoms with Gasteiger partial charge < -0.3 is 10.1 Å². The maximum absolute atomic E-state index is 8.94. The Morgan fingerprint density at radius 1 is 0.595 bits per heavy atom. The van der Waals surface area contributed by atoms with Crippen LogP contribution in [0.5, 0.6) is 11.5 Å².